The van der Waals surface area contributed by atoms with Gasteiger partial charge in [-0.1, -0.05) is 41.7 Å². The Morgan fingerprint density at radius 3 is 2.79 bits per heavy atom. The average molecular weight is 341 g/mol. The van der Waals surface area contributed by atoms with Gasteiger partial charge in [0.15, 0.2) is 5.01 Å². The summed E-state index contributed by atoms with van der Waals surface area (Å²) in [6.45, 7) is 1.82. The van der Waals surface area contributed by atoms with Gasteiger partial charge in [0.2, 0.25) is 4.96 Å². The Labute approximate surface area is 141 Å². The van der Waals surface area contributed by atoms with Crippen LogP contribution >= 0.6 is 11.3 Å². The molecule has 3 aromatic rings. The third-order valence-corrected chi connectivity index (χ3v) is 5.09. The first-order valence-corrected chi connectivity index (χ1v) is 8.49. The fourth-order valence-electron chi connectivity index (χ4n) is 2.78. The smallest absolute Gasteiger partial charge is 0.316 e. The van der Waals surface area contributed by atoms with Gasteiger partial charge in [0.1, 0.15) is 6.61 Å². The third-order valence-electron chi connectivity index (χ3n) is 4.21. The molecule has 0 N–H and O–H groups in total. The van der Waals surface area contributed by atoms with Gasteiger partial charge in [-0.05, 0) is 25.3 Å². The van der Waals surface area contributed by atoms with E-state index in [0.717, 1.165) is 18.4 Å². The van der Waals surface area contributed by atoms with Crippen LogP contribution in [0.25, 0.3) is 4.96 Å². The number of fused-ring (bicyclic) bond motifs is 1. The highest BCUT2D eigenvalue weighted by molar-refractivity contribution is 7.16. The molecule has 122 valence electrons. The SMILES string of the molecule is Cc1cc(=O)n2nc(COC(=O)C3(c4ccccc4)CC3)sc2n1. The highest BCUT2D eigenvalue weighted by atomic mass is 32.1. The number of hydrogen-bond donors (Lipinski definition) is 0. The second-order valence-corrected chi connectivity index (χ2v) is 6.99. The number of ether oxygens (including phenoxy) is 1. The molecule has 0 unspecified atom stereocenters. The van der Waals surface area contributed by atoms with Crippen molar-refractivity contribution in [3.63, 3.8) is 0 Å². The summed E-state index contributed by atoms with van der Waals surface area (Å²) in [7, 11) is 0. The molecule has 24 heavy (non-hydrogen) atoms. The molecule has 4 rings (SSSR count). The molecule has 0 radical (unpaired) electrons. The van der Waals surface area contributed by atoms with E-state index in [1.807, 2.05) is 30.3 Å². The number of rotatable bonds is 4. The number of hydrogen-bond acceptors (Lipinski definition) is 6. The minimum atomic E-state index is -0.510. The molecule has 2 aromatic heterocycles. The predicted octanol–water partition coefficient (Wildman–Crippen LogP) is 2.23. The maximum atomic E-state index is 12.5. The third kappa shape index (κ3) is 2.50. The zero-order valence-electron chi connectivity index (χ0n) is 13.1. The highest BCUT2D eigenvalue weighted by Gasteiger charge is 2.52. The number of carbonyl (C=O) groups is 1. The van der Waals surface area contributed by atoms with Gasteiger partial charge in [0, 0.05) is 11.8 Å². The highest BCUT2D eigenvalue weighted by Crippen LogP contribution is 2.49. The summed E-state index contributed by atoms with van der Waals surface area (Å²) in [5.41, 5.74) is 0.902. The Morgan fingerprint density at radius 2 is 2.08 bits per heavy atom. The number of aromatic nitrogens is 3. The molecule has 1 fully saturated rings. The summed E-state index contributed by atoms with van der Waals surface area (Å²) in [5.74, 6) is -0.232. The van der Waals surface area contributed by atoms with Gasteiger partial charge in [0.05, 0.1) is 5.41 Å². The standard InChI is InChI=1S/C17H15N3O3S/c1-11-9-14(21)20-16(18-11)24-13(19-20)10-23-15(22)17(7-8-17)12-5-3-2-4-6-12/h2-6,9H,7-8,10H2,1H3. The Kier molecular flexibility index (Phi) is 3.45. The van der Waals surface area contributed by atoms with E-state index in [-0.39, 0.29) is 18.1 Å². The zero-order chi connectivity index (χ0) is 16.7. The predicted molar refractivity (Wildman–Crippen MR) is 89.0 cm³/mol. The largest absolute Gasteiger partial charge is 0.458 e. The van der Waals surface area contributed by atoms with E-state index < -0.39 is 5.41 Å². The molecule has 1 aromatic carbocycles. The van der Waals surface area contributed by atoms with Crippen LogP contribution in [0.1, 0.15) is 29.1 Å². The molecule has 0 saturated heterocycles. The van der Waals surface area contributed by atoms with Crippen molar-refractivity contribution >= 4 is 22.3 Å². The quantitative estimate of drug-likeness (QED) is 0.681. The average Bonchev–Trinajstić information content (AvgIpc) is 3.29. The van der Waals surface area contributed by atoms with E-state index in [1.54, 1.807) is 6.92 Å². The van der Waals surface area contributed by atoms with Crippen molar-refractivity contribution in [3.05, 3.63) is 63.0 Å². The minimum absolute atomic E-state index is 0.0555. The Balaban J connectivity index is 1.52. The van der Waals surface area contributed by atoms with E-state index in [9.17, 15) is 9.59 Å². The molecule has 1 aliphatic carbocycles. The molecule has 0 amide bonds. The van der Waals surface area contributed by atoms with Gasteiger partial charge >= 0.3 is 5.97 Å². The number of nitrogens with zero attached hydrogens (tertiary/aromatic N) is 3. The first-order chi connectivity index (χ1) is 11.6. The number of benzene rings is 1. The summed E-state index contributed by atoms with van der Waals surface area (Å²) >= 11 is 1.26. The van der Waals surface area contributed by atoms with E-state index in [4.69, 9.17) is 4.74 Å². The van der Waals surface area contributed by atoms with Crippen molar-refractivity contribution in [1.82, 2.24) is 14.6 Å². The van der Waals surface area contributed by atoms with E-state index in [0.29, 0.717) is 15.7 Å². The maximum absolute atomic E-state index is 12.5. The summed E-state index contributed by atoms with van der Waals surface area (Å²) in [6.07, 6.45) is 1.60. The van der Waals surface area contributed by atoms with Crippen molar-refractivity contribution in [2.75, 3.05) is 0 Å². The van der Waals surface area contributed by atoms with Crippen LogP contribution in [-0.2, 0) is 21.6 Å². The Morgan fingerprint density at radius 1 is 1.33 bits per heavy atom. The van der Waals surface area contributed by atoms with Gasteiger partial charge in [-0.3, -0.25) is 9.59 Å². The summed E-state index contributed by atoms with van der Waals surface area (Å²) in [5, 5.41) is 4.74. The first kappa shape index (κ1) is 15.0. The lowest BCUT2D eigenvalue weighted by atomic mass is 9.96. The maximum Gasteiger partial charge on any atom is 0.316 e. The normalized spacial score (nSPS) is 15.4. The van der Waals surface area contributed by atoms with Crippen molar-refractivity contribution in [2.45, 2.75) is 31.8 Å². The van der Waals surface area contributed by atoms with Crippen molar-refractivity contribution in [1.29, 1.82) is 0 Å². The van der Waals surface area contributed by atoms with Crippen molar-refractivity contribution in [3.8, 4) is 0 Å². The number of esters is 1. The molecule has 7 heteroatoms. The van der Waals surface area contributed by atoms with Gasteiger partial charge in [0.25, 0.3) is 5.56 Å². The van der Waals surface area contributed by atoms with E-state index in [1.165, 1.54) is 21.9 Å². The van der Waals surface area contributed by atoms with E-state index >= 15 is 0 Å². The lowest BCUT2D eigenvalue weighted by molar-refractivity contribution is -0.148. The molecule has 0 aliphatic heterocycles. The summed E-state index contributed by atoms with van der Waals surface area (Å²) < 4.78 is 6.72. The second-order valence-electron chi connectivity index (χ2n) is 5.95. The van der Waals surface area contributed by atoms with Gasteiger partial charge in [-0.25, -0.2) is 4.98 Å². The zero-order valence-corrected chi connectivity index (χ0v) is 13.9. The van der Waals surface area contributed by atoms with Crippen LogP contribution in [0.4, 0.5) is 0 Å². The Bertz CT molecular complexity index is 974. The monoisotopic (exact) mass is 341 g/mol. The van der Waals surface area contributed by atoms with Gasteiger partial charge in [-0.2, -0.15) is 9.61 Å². The lowest BCUT2D eigenvalue weighted by Crippen LogP contribution is -2.23. The Hall–Kier alpha value is -2.54. The van der Waals surface area contributed by atoms with Crippen LogP contribution in [0.3, 0.4) is 0 Å². The molecule has 0 spiro atoms. The summed E-state index contributed by atoms with van der Waals surface area (Å²) in [4.78, 5) is 29.2. The van der Waals surface area contributed by atoms with Crippen molar-refractivity contribution in [2.24, 2.45) is 0 Å². The van der Waals surface area contributed by atoms with Gasteiger partial charge in [-0.15, -0.1) is 0 Å². The van der Waals surface area contributed by atoms with E-state index in [2.05, 4.69) is 10.1 Å². The molecule has 0 atom stereocenters. The van der Waals surface area contributed by atoms with Crippen molar-refractivity contribution < 1.29 is 9.53 Å². The van der Waals surface area contributed by atoms with Crippen LogP contribution in [0.5, 0.6) is 0 Å². The molecule has 0 bridgehead atoms. The van der Waals surface area contributed by atoms with Crippen LogP contribution < -0.4 is 5.56 Å². The fourth-order valence-corrected chi connectivity index (χ4v) is 3.63. The lowest BCUT2D eigenvalue weighted by Gasteiger charge is -2.13. The molecule has 1 aliphatic rings. The topological polar surface area (TPSA) is 73.6 Å². The molecule has 2 heterocycles. The van der Waals surface area contributed by atoms with Gasteiger partial charge < -0.3 is 4.74 Å². The van der Waals surface area contributed by atoms with Crippen LogP contribution in [-0.4, -0.2) is 20.6 Å². The summed E-state index contributed by atoms with van der Waals surface area (Å²) in [6, 6.07) is 11.1. The molecule has 6 nitrogen and oxygen atoms in total. The molecular formula is C17H15N3O3S. The first-order valence-electron chi connectivity index (χ1n) is 7.68. The van der Waals surface area contributed by atoms with Crippen LogP contribution in [0.15, 0.2) is 41.2 Å². The fraction of sp³-hybridized carbons (Fsp3) is 0.294. The van der Waals surface area contributed by atoms with Crippen LogP contribution in [0, 0.1) is 6.92 Å². The van der Waals surface area contributed by atoms with Crippen LogP contribution in [0.2, 0.25) is 0 Å². The molecule has 1 saturated carbocycles. The minimum Gasteiger partial charge on any atom is -0.458 e. The second kappa shape index (κ2) is 5.52. The number of aryl methyl sites for hydroxylation is 1. The number of carbonyl (C=O) groups excluding carboxylic acids is 1. The molecular weight excluding hydrogens is 326 g/mol.